The summed E-state index contributed by atoms with van der Waals surface area (Å²) in [7, 11) is 3.26. The third-order valence-electron chi connectivity index (χ3n) is 3.99. The van der Waals surface area contributed by atoms with Crippen LogP contribution in [0.25, 0.3) is 6.08 Å². The Morgan fingerprint density at radius 2 is 1.71 bits per heavy atom. The normalized spacial score (nSPS) is 12.3. The highest BCUT2D eigenvalue weighted by atomic mass is 16.5. The quantitative estimate of drug-likeness (QED) is 0.738. The lowest BCUT2D eigenvalue weighted by Gasteiger charge is -2.12. The van der Waals surface area contributed by atoms with Crippen molar-refractivity contribution in [3.63, 3.8) is 0 Å². The molecule has 0 radical (unpaired) electrons. The Bertz CT molecular complexity index is 635. The monoisotopic (exact) mass is 326 g/mol. The van der Waals surface area contributed by atoms with E-state index in [0.717, 1.165) is 42.7 Å². The van der Waals surface area contributed by atoms with Gasteiger partial charge in [0.1, 0.15) is 0 Å². The average molecular weight is 326 g/mol. The second-order valence-corrected chi connectivity index (χ2v) is 5.77. The van der Waals surface area contributed by atoms with E-state index in [2.05, 4.69) is 24.3 Å². The first kappa shape index (κ1) is 18.1. The zero-order chi connectivity index (χ0) is 17.2. The molecule has 0 heterocycles. The summed E-state index contributed by atoms with van der Waals surface area (Å²) in [6.45, 7) is 0. The predicted octanol–water partition coefficient (Wildman–Crippen LogP) is 4.49. The number of hydrogen-bond donors (Lipinski definition) is 1. The molecule has 0 saturated heterocycles. The van der Waals surface area contributed by atoms with Crippen LogP contribution in [0, 0.1) is 0 Å². The van der Waals surface area contributed by atoms with Crippen molar-refractivity contribution in [2.75, 3.05) is 14.2 Å². The third-order valence-corrected chi connectivity index (χ3v) is 3.99. The molecule has 1 N–H and O–H groups in total. The highest BCUT2D eigenvalue weighted by Gasteiger charge is 2.07. The van der Waals surface area contributed by atoms with Crippen LogP contribution in [0.5, 0.6) is 11.5 Å². The summed E-state index contributed by atoms with van der Waals surface area (Å²) in [4.78, 5) is 0. The number of allylic oxidation sites excluding steroid dienone is 1. The van der Waals surface area contributed by atoms with Crippen LogP contribution in [-0.4, -0.2) is 25.4 Å². The fourth-order valence-electron chi connectivity index (χ4n) is 2.59. The summed E-state index contributed by atoms with van der Waals surface area (Å²) < 4.78 is 10.5. The van der Waals surface area contributed by atoms with Gasteiger partial charge in [0.05, 0.1) is 20.3 Å². The smallest absolute Gasteiger partial charge is 0.160 e. The molecule has 0 spiro atoms. The van der Waals surface area contributed by atoms with E-state index in [9.17, 15) is 5.11 Å². The van der Waals surface area contributed by atoms with Crippen molar-refractivity contribution >= 4 is 6.08 Å². The fourth-order valence-corrected chi connectivity index (χ4v) is 2.59. The lowest BCUT2D eigenvalue weighted by Crippen LogP contribution is -2.07. The molecule has 0 saturated carbocycles. The summed E-state index contributed by atoms with van der Waals surface area (Å²) in [5.41, 5.74) is 2.34. The molecule has 0 aliphatic heterocycles. The van der Waals surface area contributed by atoms with Crippen molar-refractivity contribution in [2.24, 2.45) is 0 Å². The molecule has 2 aromatic rings. The standard InChI is InChI=1S/C21H26O3/c1-23-20-15-13-18(16-21(20)24-2)12-14-19(22)11-7-6-10-17-8-4-3-5-9-17/h3-6,8-10,13,15-16,19,22H,7,11-12,14H2,1-2H3/b10-6+. The minimum atomic E-state index is -0.293. The summed E-state index contributed by atoms with van der Waals surface area (Å²) in [5.74, 6) is 1.46. The zero-order valence-electron chi connectivity index (χ0n) is 14.4. The Morgan fingerprint density at radius 1 is 0.958 bits per heavy atom. The van der Waals surface area contributed by atoms with Gasteiger partial charge < -0.3 is 14.6 Å². The minimum Gasteiger partial charge on any atom is -0.493 e. The molecular weight excluding hydrogens is 300 g/mol. The average Bonchev–Trinajstić information content (AvgIpc) is 2.64. The van der Waals surface area contributed by atoms with E-state index in [-0.39, 0.29) is 6.10 Å². The van der Waals surface area contributed by atoms with Crippen LogP contribution >= 0.6 is 0 Å². The SMILES string of the molecule is COc1ccc(CCC(O)CC/C=C/c2ccccc2)cc1OC. The van der Waals surface area contributed by atoms with Gasteiger partial charge in [-0.1, -0.05) is 48.6 Å². The summed E-state index contributed by atoms with van der Waals surface area (Å²) in [6.07, 6.45) is 7.14. The Balaban J connectivity index is 1.75. The zero-order valence-corrected chi connectivity index (χ0v) is 14.4. The van der Waals surface area contributed by atoms with Gasteiger partial charge in [-0.3, -0.25) is 0 Å². The molecule has 2 rings (SSSR count). The van der Waals surface area contributed by atoms with E-state index in [1.165, 1.54) is 5.56 Å². The van der Waals surface area contributed by atoms with Gasteiger partial charge in [-0.2, -0.15) is 0 Å². The van der Waals surface area contributed by atoms with Gasteiger partial charge in [0.25, 0.3) is 0 Å². The fraction of sp³-hybridized carbons (Fsp3) is 0.333. The van der Waals surface area contributed by atoms with Gasteiger partial charge >= 0.3 is 0 Å². The van der Waals surface area contributed by atoms with Gasteiger partial charge in [0.15, 0.2) is 11.5 Å². The molecular formula is C21H26O3. The highest BCUT2D eigenvalue weighted by molar-refractivity contribution is 5.48. The van der Waals surface area contributed by atoms with Crippen LogP contribution in [0.15, 0.2) is 54.6 Å². The van der Waals surface area contributed by atoms with Gasteiger partial charge in [-0.25, -0.2) is 0 Å². The predicted molar refractivity (Wildman–Crippen MR) is 98.6 cm³/mol. The maximum Gasteiger partial charge on any atom is 0.160 e. The van der Waals surface area contributed by atoms with E-state index in [1.54, 1.807) is 14.2 Å². The van der Waals surface area contributed by atoms with E-state index < -0.39 is 0 Å². The molecule has 1 atom stereocenters. The molecule has 0 aliphatic carbocycles. The van der Waals surface area contributed by atoms with Crippen LogP contribution in [0.3, 0.4) is 0 Å². The number of methoxy groups -OCH3 is 2. The molecule has 0 bridgehead atoms. The first-order valence-electron chi connectivity index (χ1n) is 8.33. The maximum absolute atomic E-state index is 10.1. The first-order valence-corrected chi connectivity index (χ1v) is 8.33. The largest absolute Gasteiger partial charge is 0.493 e. The molecule has 3 heteroatoms. The molecule has 0 aromatic heterocycles. The number of aliphatic hydroxyl groups excluding tert-OH is 1. The van der Waals surface area contributed by atoms with Gasteiger partial charge in [0, 0.05) is 0 Å². The van der Waals surface area contributed by atoms with Gasteiger partial charge in [0.2, 0.25) is 0 Å². The summed E-state index contributed by atoms with van der Waals surface area (Å²) >= 11 is 0. The van der Waals surface area contributed by atoms with Gasteiger partial charge in [-0.05, 0) is 48.9 Å². The number of hydrogen-bond acceptors (Lipinski definition) is 3. The van der Waals surface area contributed by atoms with Crippen LogP contribution in [0.1, 0.15) is 30.4 Å². The summed E-state index contributed by atoms with van der Waals surface area (Å²) in [6, 6.07) is 16.1. The molecule has 128 valence electrons. The second kappa shape index (κ2) is 9.78. The van der Waals surface area contributed by atoms with Crippen molar-refractivity contribution in [2.45, 2.75) is 31.8 Å². The van der Waals surface area contributed by atoms with Crippen molar-refractivity contribution in [3.05, 3.63) is 65.7 Å². The Kier molecular flexibility index (Phi) is 7.37. The molecule has 24 heavy (non-hydrogen) atoms. The van der Waals surface area contributed by atoms with Crippen molar-refractivity contribution in [1.29, 1.82) is 0 Å². The minimum absolute atomic E-state index is 0.293. The van der Waals surface area contributed by atoms with Crippen molar-refractivity contribution < 1.29 is 14.6 Å². The van der Waals surface area contributed by atoms with Crippen molar-refractivity contribution in [3.8, 4) is 11.5 Å². The summed E-state index contributed by atoms with van der Waals surface area (Å²) in [5, 5.41) is 10.1. The van der Waals surface area contributed by atoms with E-state index in [0.29, 0.717) is 0 Å². The first-order chi connectivity index (χ1) is 11.7. The highest BCUT2D eigenvalue weighted by Crippen LogP contribution is 2.28. The molecule has 1 unspecified atom stereocenters. The number of aryl methyl sites for hydroxylation is 1. The lowest BCUT2D eigenvalue weighted by atomic mass is 10.0. The van der Waals surface area contributed by atoms with Crippen molar-refractivity contribution in [1.82, 2.24) is 0 Å². The van der Waals surface area contributed by atoms with E-state index >= 15 is 0 Å². The van der Waals surface area contributed by atoms with Crippen LogP contribution in [0.2, 0.25) is 0 Å². The molecule has 2 aromatic carbocycles. The Hall–Kier alpha value is -2.26. The number of aliphatic hydroxyl groups is 1. The van der Waals surface area contributed by atoms with Crippen LogP contribution < -0.4 is 9.47 Å². The van der Waals surface area contributed by atoms with E-state index in [1.807, 2.05) is 36.4 Å². The maximum atomic E-state index is 10.1. The molecule has 0 amide bonds. The molecule has 3 nitrogen and oxygen atoms in total. The molecule has 0 aliphatic rings. The third kappa shape index (κ3) is 5.74. The number of ether oxygens (including phenoxy) is 2. The molecule has 0 fully saturated rings. The van der Waals surface area contributed by atoms with Crippen LogP contribution in [-0.2, 0) is 6.42 Å². The Labute approximate surface area is 144 Å². The second-order valence-electron chi connectivity index (χ2n) is 5.77. The van der Waals surface area contributed by atoms with Gasteiger partial charge in [-0.15, -0.1) is 0 Å². The number of rotatable bonds is 9. The number of benzene rings is 2. The lowest BCUT2D eigenvalue weighted by molar-refractivity contribution is 0.156. The van der Waals surface area contributed by atoms with Crippen LogP contribution in [0.4, 0.5) is 0 Å². The Morgan fingerprint density at radius 3 is 2.42 bits per heavy atom. The topological polar surface area (TPSA) is 38.7 Å². The van der Waals surface area contributed by atoms with E-state index in [4.69, 9.17) is 9.47 Å².